The maximum absolute atomic E-state index is 12.9. The molecular formula is C24H25N3O. The maximum Gasteiger partial charge on any atom is 0.254 e. The molecule has 1 saturated heterocycles. The molecule has 1 fully saturated rings. The monoisotopic (exact) mass is 371 g/mol. The van der Waals surface area contributed by atoms with Crippen molar-refractivity contribution in [3.63, 3.8) is 0 Å². The van der Waals surface area contributed by atoms with Crippen molar-refractivity contribution in [3.05, 3.63) is 90.1 Å². The van der Waals surface area contributed by atoms with E-state index in [1.54, 1.807) is 12.3 Å². The molecule has 0 atom stereocenters. The summed E-state index contributed by atoms with van der Waals surface area (Å²) in [6.07, 6.45) is 4.91. The van der Waals surface area contributed by atoms with Crippen LogP contribution in [0.5, 0.6) is 0 Å². The van der Waals surface area contributed by atoms with E-state index in [-0.39, 0.29) is 5.91 Å². The molecule has 0 radical (unpaired) electrons. The number of hydrogen-bond donors (Lipinski definition) is 1. The zero-order valence-corrected chi connectivity index (χ0v) is 15.9. The second-order valence-corrected chi connectivity index (χ2v) is 7.35. The van der Waals surface area contributed by atoms with Crippen LogP contribution in [0.3, 0.4) is 0 Å². The Labute approximate surface area is 166 Å². The molecule has 1 aromatic heterocycles. The molecule has 3 aromatic rings. The number of pyridine rings is 1. The Hall–Kier alpha value is -3.14. The second-order valence-electron chi connectivity index (χ2n) is 7.35. The predicted octanol–water partition coefficient (Wildman–Crippen LogP) is 4.92. The van der Waals surface area contributed by atoms with Crippen LogP contribution in [0, 0.1) is 5.92 Å². The van der Waals surface area contributed by atoms with Gasteiger partial charge in [0.1, 0.15) is 5.82 Å². The normalized spacial score (nSPS) is 14.6. The van der Waals surface area contributed by atoms with Crippen LogP contribution < -0.4 is 5.32 Å². The van der Waals surface area contributed by atoms with Gasteiger partial charge in [0, 0.05) is 30.5 Å². The van der Waals surface area contributed by atoms with Crippen molar-refractivity contribution in [2.24, 2.45) is 5.92 Å². The summed E-state index contributed by atoms with van der Waals surface area (Å²) in [6.45, 7) is 1.64. The lowest BCUT2D eigenvalue weighted by atomic mass is 9.90. The van der Waals surface area contributed by atoms with Crippen LogP contribution in [0.15, 0.2) is 79.0 Å². The standard InChI is InChI=1S/C24H25N3O/c28-24(21-11-14-25-23(18-21)26-22-9-5-2-6-10-22)27-15-12-20(13-16-27)17-19-7-3-1-4-8-19/h1-11,14,18,20H,12-13,15-17H2,(H,25,26). The Kier molecular flexibility index (Phi) is 5.66. The number of likely N-dealkylation sites (tertiary alicyclic amines) is 1. The fourth-order valence-corrected chi connectivity index (χ4v) is 3.77. The zero-order valence-electron chi connectivity index (χ0n) is 15.9. The van der Waals surface area contributed by atoms with E-state index >= 15 is 0 Å². The highest BCUT2D eigenvalue weighted by atomic mass is 16.2. The van der Waals surface area contributed by atoms with Crippen LogP contribution in [0.4, 0.5) is 11.5 Å². The maximum atomic E-state index is 12.9. The molecular weight excluding hydrogens is 346 g/mol. The van der Waals surface area contributed by atoms with Gasteiger partial charge in [0.25, 0.3) is 5.91 Å². The van der Waals surface area contributed by atoms with Crippen LogP contribution in [0.1, 0.15) is 28.8 Å². The van der Waals surface area contributed by atoms with E-state index in [2.05, 4.69) is 40.6 Å². The highest BCUT2D eigenvalue weighted by Gasteiger charge is 2.24. The van der Waals surface area contributed by atoms with Gasteiger partial charge < -0.3 is 10.2 Å². The smallest absolute Gasteiger partial charge is 0.254 e. The summed E-state index contributed by atoms with van der Waals surface area (Å²) in [5.41, 5.74) is 3.04. The summed E-state index contributed by atoms with van der Waals surface area (Å²) in [5, 5.41) is 3.25. The summed E-state index contributed by atoms with van der Waals surface area (Å²) in [7, 11) is 0. The molecule has 28 heavy (non-hydrogen) atoms. The number of piperidine rings is 1. The van der Waals surface area contributed by atoms with Crippen LogP contribution >= 0.6 is 0 Å². The lowest BCUT2D eigenvalue weighted by molar-refractivity contribution is 0.0690. The fourth-order valence-electron chi connectivity index (χ4n) is 3.77. The Morgan fingerprint density at radius 2 is 1.64 bits per heavy atom. The van der Waals surface area contributed by atoms with E-state index in [4.69, 9.17) is 0 Å². The van der Waals surface area contributed by atoms with Gasteiger partial charge in [-0.1, -0.05) is 48.5 Å². The molecule has 1 aliphatic heterocycles. The lowest BCUT2D eigenvalue weighted by Gasteiger charge is -2.32. The molecule has 0 spiro atoms. The number of carbonyl (C=O) groups is 1. The highest BCUT2D eigenvalue weighted by molar-refractivity contribution is 5.95. The first-order valence-electron chi connectivity index (χ1n) is 9.89. The molecule has 0 bridgehead atoms. The lowest BCUT2D eigenvalue weighted by Crippen LogP contribution is -2.38. The van der Waals surface area contributed by atoms with Crippen molar-refractivity contribution in [2.75, 3.05) is 18.4 Å². The van der Waals surface area contributed by atoms with Gasteiger partial charge in [-0.3, -0.25) is 4.79 Å². The van der Waals surface area contributed by atoms with E-state index in [0.717, 1.165) is 38.0 Å². The topological polar surface area (TPSA) is 45.2 Å². The quantitative estimate of drug-likeness (QED) is 0.692. The Morgan fingerprint density at radius 1 is 0.964 bits per heavy atom. The molecule has 0 saturated carbocycles. The van der Waals surface area contributed by atoms with Gasteiger partial charge in [-0.15, -0.1) is 0 Å². The molecule has 2 heterocycles. The molecule has 1 aliphatic rings. The van der Waals surface area contributed by atoms with Gasteiger partial charge in [-0.05, 0) is 55.0 Å². The van der Waals surface area contributed by atoms with E-state index in [9.17, 15) is 4.79 Å². The molecule has 4 rings (SSSR count). The minimum Gasteiger partial charge on any atom is -0.340 e. The summed E-state index contributed by atoms with van der Waals surface area (Å²) < 4.78 is 0. The molecule has 1 N–H and O–H groups in total. The number of benzene rings is 2. The summed E-state index contributed by atoms with van der Waals surface area (Å²) in [5.74, 6) is 1.44. The van der Waals surface area contributed by atoms with Crippen molar-refractivity contribution in [1.82, 2.24) is 9.88 Å². The number of hydrogen-bond acceptors (Lipinski definition) is 3. The Balaban J connectivity index is 1.35. The van der Waals surface area contributed by atoms with Crippen molar-refractivity contribution in [2.45, 2.75) is 19.3 Å². The predicted molar refractivity (Wildman–Crippen MR) is 113 cm³/mol. The van der Waals surface area contributed by atoms with E-state index in [0.29, 0.717) is 17.3 Å². The van der Waals surface area contributed by atoms with Crippen molar-refractivity contribution in [1.29, 1.82) is 0 Å². The van der Waals surface area contributed by atoms with Gasteiger partial charge in [-0.25, -0.2) is 4.98 Å². The van der Waals surface area contributed by atoms with Gasteiger partial charge in [0.05, 0.1) is 0 Å². The Morgan fingerprint density at radius 3 is 2.36 bits per heavy atom. The van der Waals surface area contributed by atoms with Crippen LogP contribution in [0.2, 0.25) is 0 Å². The second kappa shape index (κ2) is 8.70. The molecule has 142 valence electrons. The molecule has 1 amide bonds. The van der Waals surface area contributed by atoms with Gasteiger partial charge in [0.15, 0.2) is 0 Å². The molecule has 4 nitrogen and oxygen atoms in total. The SMILES string of the molecule is O=C(c1ccnc(Nc2ccccc2)c1)N1CCC(Cc2ccccc2)CC1. The van der Waals surface area contributed by atoms with Crippen molar-refractivity contribution >= 4 is 17.4 Å². The average molecular weight is 371 g/mol. The van der Waals surface area contributed by atoms with Gasteiger partial charge in [0.2, 0.25) is 0 Å². The number of amides is 1. The minimum absolute atomic E-state index is 0.0941. The molecule has 0 aliphatic carbocycles. The van der Waals surface area contributed by atoms with Crippen molar-refractivity contribution in [3.8, 4) is 0 Å². The van der Waals surface area contributed by atoms with Crippen molar-refractivity contribution < 1.29 is 4.79 Å². The average Bonchev–Trinajstić information content (AvgIpc) is 2.75. The van der Waals surface area contributed by atoms with Gasteiger partial charge >= 0.3 is 0 Å². The number of para-hydroxylation sites is 1. The largest absolute Gasteiger partial charge is 0.340 e. The number of carbonyl (C=O) groups excluding carboxylic acids is 1. The van der Waals surface area contributed by atoms with E-state index < -0.39 is 0 Å². The van der Waals surface area contributed by atoms with Gasteiger partial charge in [-0.2, -0.15) is 0 Å². The first kappa shape index (κ1) is 18.2. The van der Waals surface area contributed by atoms with Crippen LogP contribution in [-0.2, 0) is 6.42 Å². The molecule has 4 heteroatoms. The highest BCUT2D eigenvalue weighted by Crippen LogP contribution is 2.23. The minimum atomic E-state index is 0.0941. The number of anilines is 2. The summed E-state index contributed by atoms with van der Waals surface area (Å²) in [6, 6.07) is 24.1. The third kappa shape index (κ3) is 4.58. The van der Waals surface area contributed by atoms with E-state index in [1.807, 2.05) is 41.3 Å². The first-order chi connectivity index (χ1) is 13.8. The summed E-state index contributed by atoms with van der Waals surface area (Å²) in [4.78, 5) is 19.3. The zero-order chi connectivity index (χ0) is 19.2. The van der Waals surface area contributed by atoms with Crippen LogP contribution in [0.25, 0.3) is 0 Å². The third-order valence-electron chi connectivity index (χ3n) is 5.32. The number of rotatable bonds is 5. The fraction of sp³-hybridized carbons (Fsp3) is 0.250. The summed E-state index contributed by atoms with van der Waals surface area (Å²) >= 11 is 0. The first-order valence-corrected chi connectivity index (χ1v) is 9.89. The number of nitrogens with zero attached hydrogens (tertiary/aromatic N) is 2. The van der Waals surface area contributed by atoms with E-state index in [1.165, 1.54) is 5.56 Å². The number of aromatic nitrogens is 1. The number of nitrogens with one attached hydrogen (secondary N) is 1. The van der Waals surface area contributed by atoms with Crippen LogP contribution in [-0.4, -0.2) is 28.9 Å². The molecule has 0 unspecified atom stereocenters. The Bertz CT molecular complexity index is 903. The third-order valence-corrected chi connectivity index (χ3v) is 5.32. The molecule has 2 aromatic carbocycles.